The van der Waals surface area contributed by atoms with Gasteiger partial charge in [-0.3, -0.25) is 9.59 Å². The Kier molecular flexibility index (Phi) is 6.28. The van der Waals surface area contributed by atoms with E-state index in [2.05, 4.69) is 0 Å². The second-order valence-electron chi connectivity index (χ2n) is 5.37. The maximum Gasteiger partial charge on any atom is 0.307 e. The van der Waals surface area contributed by atoms with Crippen LogP contribution in [-0.4, -0.2) is 42.5 Å². The van der Waals surface area contributed by atoms with Crippen LogP contribution < -0.4 is 5.73 Å². The van der Waals surface area contributed by atoms with E-state index >= 15 is 0 Å². The fraction of sp³-hybridized carbons (Fsp3) is 0.857. The number of esters is 1. The molecular weight excluding hydrogens is 244 g/mol. The molecule has 1 saturated heterocycles. The summed E-state index contributed by atoms with van der Waals surface area (Å²) in [4.78, 5) is 25.6. The third-order valence-electron chi connectivity index (χ3n) is 4.08. The predicted molar refractivity (Wildman–Crippen MR) is 73.4 cm³/mol. The van der Waals surface area contributed by atoms with Gasteiger partial charge in [-0.25, -0.2) is 0 Å². The number of carbonyl (C=O) groups excluding carboxylic acids is 2. The summed E-state index contributed by atoms with van der Waals surface area (Å²) in [6, 6.07) is -0.521. The molecule has 0 bridgehead atoms. The van der Waals surface area contributed by atoms with Gasteiger partial charge >= 0.3 is 5.97 Å². The van der Waals surface area contributed by atoms with E-state index in [9.17, 15) is 9.59 Å². The third kappa shape index (κ3) is 4.20. The Bertz CT molecular complexity index is 320. The van der Waals surface area contributed by atoms with Crippen molar-refractivity contribution in [2.45, 2.75) is 58.0 Å². The molecule has 0 aromatic carbocycles. The summed E-state index contributed by atoms with van der Waals surface area (Å²) in [6.45, 7) is 4.71. The van der Waals surface area contributed by atoms with E-state index < -0.39 is 6.04 Å². The van der Waals surface area contributed by atoms with Crippen molar-refractivity contribution >= 4 is 11.9 Å². The summed E-state index contributed by atoms with van der Waals surface area (Å²) in [7, 11) is 1.38. The molecule has 1 aliphatic heterocycles. The van der Waals surface area contributed by atoms with Crippen LogP contribution in [0.3, 0.4) is 0 Å². The number of nitrogens with zero attached hydrogens (tertiary/aromatic N) is 1. The van der Waals surface area contributed by atoms with Gasteiger partial charge in [0.05, 0.1) is 19.6 Å². The SMILES string of the molecule is CC[C@H](C)[C@H](N)C(=O)N1CCCCC1CC(=O)OC. The van der Waals surface area contributed by atoms with Gasteiger partial charge in [-0.15, -0.1) is 0 Å². The lowest BCUT2D eigenvalue weighted by Crippen LogP contribution is -2.53. The van der Waals surface area contributed by atoms with Crippen LogP contribution in [0.2, 0.25) is 0 Å². The van der Waals surface area contributed by atoms with Crippen molar-refractivity contribution in [3.8, 4) is 0 Å². The van der Waals surface area contributed by atoms with E-state index in [4.69, 9.17) is 10.5 Å². The summed E-state index contributed by atoms with van der Waals surface area (Å²) in [5, 5.41) is 0. The van der Waals surface area contributed by atoms with Gasteiger partial charge in [-0.1, -0.05) is 20.3 Å². The van der Waals surface area contributed by atoms with Crippen LogP contribution in [0.15, 0.2) is 0 Å². The normalized spacial score (nSPS) is 22.7. The highest BCUT2D eigenvalue weighted by atomic mass is 16.5. The molecule has 0 aromatic rings. The van der Waals surface area contributed by atoms with Crippen molar-refractivity contribution in [3.05, 3.63) is 0 Å². The standard InChI is InChI=1S/C14H26N2O3/c1-4-10(2)13(15)14(18)16-8-6-5-7-11(16)9-12(17)19-3/h10-11,13H,4-9,15H2,1-3H3/t10-,11?,13-/m0/s1. The molecular formula is C14H26N2O3. The number of piperidine rings is 1. The summed E-state index contributed by atoms with van der Waals surface area (Å²) >= 11 is 0. The molecule has 0 radical (unpaired) electrons. The number of hydrogen-bond donors (Lipinski definition) is 1. The van der Waals surface area contributed by atoms with Gasteiger partial charge in [-0.2, -0.15) is 0 Å². The number of likely N-dealkylation sites (tertiary alicyclic amines) is 1. The zero-order chi connectivity index (χ0) is 14.4. The Morgan fingerprint density at radius 2 is 2.11 bits per heavy atom. The molecule has 1 unspecified atom stereocenters. The summed E-state index contributed by atoms with van der Waals surface area (Å²) < 4.78 is 4.70. The number of ether oxygens (including phenoxy) is 1. The molecule has 5 heteroatoms. The topological polar surface area (TPSA) is 72.6 Å². The van der Waals surface area contributed by atoms with Gasteiger partial charge in [0.15, 0.2) is 0 Å². The van der Waals surface area contributed by atoms with Crippen molar-refractivity contribution in [1.82, 2.24) is 4.90 Å². The average Bonchev–Trinajstić information content (AvgIpc) is 2.45. The first-order valence-corrected chi connectivity index (χ1v) is 7.14. The fourth-order valence-corrected chi connectivity index (χ4v) is 2.47. The lowest BCUT2D eigenvalue weighted by Gasteiger charge is -2.37. The lowest BCUT2D eigenvalue weighted by molar-refractivity contribution is -0.145. The Balaban J connectivity index is 2.70. The van der Waals surface area contributed by atoms with Crippen molar-refractivity contribution in [2.24, 2.45) is 11.7 Å². The first kappa shape index (κ1) is 16.0. The second kappa shape index (κ2) is 7.48. The molecule has 0 spiro atoms. The number of amides is 1. The third-order valence-corrected chi connectivity index (χ3v) is 4.08. The van der Waals surface area contributed by atoms with Crippen LogP contribution in [0, 0.1) is 5.92 Å². The smallest absolute Gasteiger partial charge is 0.307 e. The summed E-state index contributed by atoms with van der Waals surface area (Å²) in [5.41, 5.74) is 6.02. The number of carbonyl (C=O) groups is 2. The fourth-order valence-electron chi connectivity index (χ4n) is 2.47. The molecule has 2 N–H and O–H groups in total. The van der Waals surface area contributed by atoms with E-state index in [-0.39, 0.29) is 30.3 Å². The first-order chi connectivity index (χ1) is 9.01. The average molecular weight is 270 g/mol. The van der Waals surface area contributed by atoms with Gasteiger partial charge in [0.2, 0.25) is 5.91 Å². The highest BCUT2D eigenvalue weighted by Crippen LogP contribution is 2.22. The minimum atomic E-state index is -0.469. The summed E-state index contributed by atoms with van der Waals surface area (Å²) in [6.07, 6.45) is 4.03. The second-order valence-corrected chi connectivity index (χ2v) is 5.37. The summed E-state index contributed by atoms with van der Waals surface area (Å²) in [5.74, 6) is -0.127. The monoisotopic (exact) mass is 270 g/mol. The molecule has 3 atom stereocenters. The number of methoxy groups -OCH3 is 1. The largest absolute Gasteiger partial charge is 0.469 e. The Hall–Kier alpha value is -1.10. The Morgan fingerprint density at radius 3 is 2.68 bits per heavy atom. The van der Waals surface area contributed by atoms with Gasteiger partial charge in [0.25, 0.3) is 0 Å². The van der Waals surface area contributed by atoms with Crippen molar-refractivity contribution in [2.75, 3.05) is 13.7 Å². The van der Waals surface area contributed by atoms with Gasteiger partial charge in [-0.05, 0) is 25.2 Å². The molecule has 5 nitrogen and oxygen atoms in total. The molecule has 1 amide bonds. The van der Waals surface area contributed by atoms with E-state index in [0.29, 0.717) is 6.54 Å². The van der Waals surface area contributed by atoms with Crippen LogP contribution in [0.25, 0.3) is 0 Å². The molecule has 1 heterocycles. The molecule has 1 rings (SSSR count). The van der Waals surface area contributed by atoms with Crippen LogP contribution in [0.5, 0.6) is 0 Å². The van der Waals surface area contributed by atoms with E-state index in [1.165, 1.54) is 7.11 Å². The van der Waals surface area contributed by atoms with E-state index in [1.807, 2.05) is 13.8 Å². The van der Waals surface area contributed by atoms with Crippen molar-refractivity contribution in [3.63, 3.8) is 0 Å². The van der Waals surface area contributed by atoms with Crippen LogP contribution in [0.1, 0.15) is 46.0 Å². The highest BCUT2D eigenvalue weighted by Gasteiger charge is 2.32. The van der Waals surface area contributed by atoms with Crippen molar-refractivity contribution < 1.29 is 14.3 Å². The van der Waals surface area contributed by atoms with Gasteiger partial charge in [0, 0.05) is 12.6 Å². The maximum absolute atomic E-state index is 12.4. The molecule has 19 heavy (non-hydrogen) atoms. The lowest BCUT2D eigenvalue weighted by atomic mass is 9.94. The maximum atomic E-state index is 12.4. The van der Waals surface area contributed by atoms with Crippen LogP contribution in [-0.2, 0) is 14.3 Å². The van der Waals surface area contributed by atoms with E-state index in [0.717, 1.165) is 25.7 Å². The van der Waals surface area contributed by atoms with Gasteiger partial charge < -0.3 is 15.4 Å². The number of hydrogen-bond acceptors (Lipinski definition) is 4. The van der Waals surface area contributed by atoms with Crippen LogP contribution >= 0.6 is 0 Å². The van der Waals surface area contributed by atoms with Crippen molar-refractivity contribution in [1.29, 1.82) is 0 Å². The minimum Gasteiger partial charge on any atom is -0.469 e. The quantitative estimate of drug-likeness (QED) is 0.764. The van der Waals surface area contributed by atoms with Gasteiger partial charge in [0.1, 0.15) is 0 Å². The number of nitrogens with two attached hydrogens (primary N) is 1. The van der Waals surface area contributed by atoms with Crippen LogP contribution in [0.4, 0.5) is 0 Å². The molecule has 0 saturated carbocycles. The zero-order valence-electron chi connectivity index (χ0n) is 12.2. The first-order valence-electron chi connectivity index (χ1n) is 7.14. The predicted octanol–water partition coefficient (Wildman–Crippen LogP) is 1.30. The zero-order valence-corrected chi connectivity index (χ0v) is 12.2. The Labute approximate surface area is 115 Å². The van der Waals surface area contributed by atoms with E-state index in [1.54, 1.807) is 4.90 Å². The minimum absolute atomic E-state index is 0.0250. The Morgan fingerprint density at radius 1 is 1.42 bits per heavy atom. The molecule has 0 aliphatic carbocycles. The molecule has 1 fully saturated rings. The number of rotatable bonds is 5. The highest BCUT2D eigenvalue weighted by molar-refractivity contribution is 5.83. The molecule has 0 aromatic heterocycles. The molecule has 110 valence electrons. The molecule has 1 aliphatic rings.